The van der Waals surface area contributed by atoms with Gasteiger partial charge in [0.15, 0.2) is 0 Å². The molecular weight excluding hydrogens is 304 g/mol. The molecule has 2 fully saturated rings. The van der Waals surface area contributed by atoms with Crippen molar-refractivity contribution in [1.29, 1.82) is 0 Å². The van der Waals surface area contributed by atoms with Crippen LogP contribution in [0, 0.1) is 0 Å². The summed E-state index contributed by atoms with van der Waals surface area (Å²) in [7, 11) is 0. The Hall–Kier alpha value is -0.990. The fraction of sp³-hybridized carbons (Fsp3) is 0.857. The lowest BCUT2D eigenvalue weighted by atomic mass is 10.0. The zero-order chi connectivity index (χ0) is 15.8. The van der Waals surface area contributed by atoms with Gasteiger partial charge in [0.1, 0.15) is 0 Å². The molecule has 2 aliphatic rings. The van der Waals surface area contributed by atoms with Crippen LogP contribution in [0.4, 0.5) is 4.79 Å². The first-order valence-corrected chi connectivity index (χ1v) is 8.98. The van der Waals surface area contributed by atoms with E-state index in [0.717, 1.165) is 31.4 Å². The first kappa shape index (κ1) is 17.4. The van der Waals surface area contributed by atoms with Gasteiger partial charge >= 0.3 is 6.03 Å². The van der Waals surface area contributed by atoms with Crippen LogP contribution in [-0.4, -0.2) is 54.9 Å². The average Bonchev–Trinajstić information content (AvgIpc) is 3.03. The maximum atomic E-state index is 11.6. The summed E-state index contributed by atoms with van der Waals surface area (Å²) in [5, 5.41) is 9.28. The lowest BCUT2D eigenvalue weighted by Gasteiger charge is -2.16. The van der Waals surface area contributed by atoms with Gasteiger partial charge in [0.2, 0.25) is 5.91 Å². The van der Waals surface area contributed by atoms with Gasteiger partial charge in [-0.15, -0.1) is 0 Å². The van der Waals surface area contributed by atoms with Crippen LogP contribution in [-0.2, 0) is 9.53 Å². The summed E-state index contributed by atoms with van der Waals surface area (Å²) in [5.41, 5.74) is 5.20. The Bertz CT molecular complexity index is 383. The molecule has 7 nitrogen and oxygen atoms in total. The number of ether oxygens (including phenoxy) is 1. The second kappa shape index (κ2) is 9.22. The molecule has 2 saturated heterocycles. The minimum atomic E-state index is -0.0432. The number of hydrogen-bond acceptors (Lipinski definition) is 5. The summed E-state index contributed by atoms with van der Waals surface area (Å²) in [6, 6.07) is 0.494. The predicted molar refractivity (Wildman–Crippen MR) is 86.6 cm³/mol. The molecule has 0 saturated carbocycles. The van der Waals surface area contributed by atoms with Crippen molar-refractivity contribution in [3.05, 3.63) is 0 Å². The molecule has 0 radical (unpaired) electrons. The SMILES string of the molecule is NCOCCCNC(=O)CCCC[C@@H]1SC[C@@H]2NC(=O)N[C@@H]21. The molecule has 8 heteroatoms. The van der Waals surface area contributed by atoms with Gasteiger partial charge in [-0.05, 0) is 19.3 Å². The lowest BCUT2D eigenvalue weighted by Crippen LogP contribution is -2.36. The Morgan fingerprint density at radius 3 is 3.05 bits per heavy atom. The summed E-state index contributed by atoms with van der Waals surface area (Å²) < 4.78 is 5.00. The number of amides is 3. The number of hydrogen-bond donors (Lipinski definition) is 4. The monoisotopic (exact) mass is 330 g/mol. The van der Waals surface area contributed by atoms with E-state index in [0.29, 0.717) is 24.8 Å². The Kier molecular flexibility index (Phi) is 7.28. The molecule has 0 unspecified atom stereocenters. The Morgan fingerprint density at radius 2 is 2.23 bits per heavy atom. The highest BCUT2D eigenvalue weighted by molar-refractivity contribution is 8.00. The average molecular weight is 330 g/mol. The highest BCUT2D eigenvalue weighted by Gasteiger charge is 2.42. The fourth-order valence-electron chi connectivity index (χ4n) is 2.85. The predicted octanol–water partition coefficient (Wildman–Crippen LogP) is 0.151. The molecule has 0 aromatic carbocycles. The van der Waals surface area contributed by atoms with E-state index in [1.54, 1.807) is 0 Å². The smallest absolute Gasteiger partial charge is 0.315 e. The largest absolute Gasteiger partial charge is 0.366 e. The van der Waals surface area contributed by atoms with E-state index in [9.17, 15) is 9.59 Å². The third kappa shape index (κ3) is 5.33. The molecule has 0 aromatic heterocycles. The highest BCUT2D eigenvalue weighted by atomic mass is 32.2. The lowest BCUT2D eigenvalue weighted by molar-refractivity contribution is -0.121. The van der Waals surface area contributed by atoms with Crippen molar-refractivity contribution in [2.75, 3.05) is 25.6 Å². The van der Waals surface area contributed by atoms with Gasteiger partial charge < -0.3 is 26.4 Å². The van der Waals surface area contributed by atoms with E-state index < -0.39 is 0 Å². The molecule has 22 heavy (non-hydrogen) atoms. The van der Waals surface area contributed by atoms with Crippen molar-refractivity contribution in [3.8, 4) is 0 Å². The summed E-state index contributed by atoms with van der Waals surface area (Å²) in [4.78, 5) is 22.9. The first-order valence-electron chi connectivity index (χ1n) is 7.94. The molecule has 5 N–H and O–H groups in total. The third-order valence-corrected chi connectivity index (χ3v) is 5.49. The number of carbonyl (C=O) groups is 2. The molecule has 0 bridgehead atoms. The highest BCUT2D eigenvalue weighted by Crippen LogP contribution is 2.33. The Labute approximate surface area is 135 Å². The summed E-state index contributed by atoms with van der Waals surface area (Å²) in [6.07, 6.45) is 4.30. The van der Waals surface area contributed by atoms with Crippen LogP contribution >= 0.6 is 11.8 Å². The van der Waals surface area contributed by atoms with Gasteiger partial charge in [-0.1, -0.05) is 6.42 Å². The van der Waals surface area contributed by atoms with Crippen LogP contribution in [0.5, 0.6) is 0 Å². The molecular formula is C14H26N4O3S. The minimum Gasteiger partial charge on any atom is -0.366 e. The van der Waals surface area contributed by atoms with Crippen molar-refractivity contribution in [3.63, 3.8) is 0 Å². The number of thioether (sulfide) groups is 1. The summed E-state index contributed by atoms with van der Waals surface area (Å²) >= 11 is 1.91. The second-order valence-electron chi connectivity index (χ2n) is 5.65. The molecule has 0 aliphatic carbocycles. The van der Waals surface area contributed by atoms with E-state index in [1.807, 2.05) is 11.8 Å². The van der Waals surface area contributed by atoms with Crippen molar-refractivity contribution < 1.29 is 14.3 Å². The molecule has 0 aromatic rings. The molecule has 3 atom stereocenters. The van der Waals surface area contributed by atoms with Gasteiger partial charge in [-0.3, -0.25) is 4.79 Å². The maximum absolute atomic E-state index is 11.6. The van der Waals surface area contributed by atoms with Gasteiger partial charge in [0.25, 0.3) is 0 Å². The quantitative estimate of drug-likeness (QED) is 0.259. The van der Waals surface area contributed by atoms with Gasteiger partial charge in [0, 0.05) is 30.6 Å². The van der Waals surface area contributed by atoms with E-state index in [-0.39, 0.29) is 30.8 Å². The maximum Gasteiger partial charge on any atom is 0.315 e. The van der Waals surface area contributed by atoms with Crippen LogP contribution < -0.4 is 21.7 Å². The number of carbonyl (C=O) groups excluding carboxylic acids is 2. The molecule has 2 rings (SSSR count). The first-order chi connectivity index (χ1) is 10.7. The minimum absolute atomic E-state index is 0.0432. The number of fused-ring (bicyclic) bond motifs is 1. The van der Waals surface area contributed by atoms with Gasteiger partial charge in [-0.2, -0.15) is 11.8 Å². The van der Waals surface area contributed by atoms with Crippen LogP contribution in [0.15, 0.2) is 0 Å². The Balaban J connectivity index is 1.49. The van der Waals surface area contributed by atoms with Crippen LogP contribution in [0.25, 0.3) is 0 Å². The zero-order valence-corrected chi connectivity index (χ0v) is 13.6. The number of nitrogens with one attached hydrogen (secondary N) is 3. The van der Waals surface area contributed by atoms with Crippen LogP contribution in [0.1, 0.15) is 32.1 Å². The number of unbranched alkanes of at least 4 members (excludes halogenated alkanes) is 1. The fourth-order valence-corrected chi connectivity index (χ4v) is 4.39. The topological polar surface area (TPSA) is 105 Å². The van der Waals surface area contributed by atoms with Gasteiger partial charge in [0.05, 0.1) is 18.8 Å². The van der Waals surface area contributed by atoms with Crippen LogP contribution in [0.3, 0.4) is 0 Å². The Morgan fingerprint density at radius 1 is 1.36 bits per heavy atom. The molecule has 0 spiro atoms. The number of urea groups is 1. The third-order valence-electron chi connectivity index (χ3n) is 3.99. The summed E-state index contributed by atoms with van der Waals surface area (Å²) in [6.45, 7) is 1.45. The van der Waals surface area contributed by atoms with E-state index in [1.165, 1.54) is 0 Å². The van der Waals surface area contributed by atoms with Crippen LogP contribution in [0.2, 0.25) is 0 Å². The second-order valence-corrected chi connectivity index (χ2v) is 6.92. The normalized spacial score (nSPS) is 26.4. The molecule has 2 aliphatic heterocycles. The van der Waals surface area contributed by atoms with Gasteiger partial charge in [-0.25, -0.2) is 4.79 Å². The zero-order valence-electron chi connectivity index (χ0n) is 12.8. The standard InChI is InChI=1S/C14H26N4O3S/c15-9-21-7-3-6-16-12(19)5-2-1-4-11-13-10(8-22-11)17-14(20)18-13/h10-11,13H,1-9,15H2,(H,16,19)(H2,17,18,20)/t10-,11-,13-/m0/s1. The number of nitrogens with two attached hydrogens (primary N) is 1. The van der Waals surface area contributed by atoms with E-state index in [4.69, 9.17) is 10.5 Å². The van der Waals surface area contributed by atoms with Crippen molar-refractivity contribution in [2.45, 2.75) is 49.4 Å². The van der Waals surface area contributed by atoms with E-state index >= 15 is 0 Å². The molecule has 3 amide bonds. The van der Waals surface area contributed by atoms with Crippen molar-refractivity contribution >= 4 is 23.7 Å². The summed E-state index contributed by atoms with van der Waals surface area (Å²) in [5.74, 6) is 1.08. The molecule has 126 valence electrons. The van der Waals surface area contributed by atoms with Crippen molar-refractivity contribution in [2.24, 2.45) is 5.73 Å². The number of rotatable bonds is 10. The van der Waals surface area contributed by atoms with Crippen molar-refractivity contribution in [1.82, 2.24) is 16.0 Å². The molecule has 2 heterocycles. The van der Waals surface area contributed by atoms with E-state index in [2.05, 4.69) is 16.0 Å².